The fourth-order valence-corrected chi connectivity index (χ4v) is 4.17. The maximum absolute atomic E-state index is 11.8. The third-order valence-corrected chi connectivity index (χ3v) is 5.24. The highest BCUT2D eigenvalue weighted by molar-refractivity contribution is 7.90. The van der Waals surface area contributed by atoms with Gasteiger partial charge in [0.1, 0.15) is 0 Å². The molecule has 1 aliphatic rings. The van der Waals surface area contributed by atoms with Crippen molar-refractivity contribution in [1.82, 2.24) is 4.98 Å². The molecule has 0 aliphatic carbocycles. The molecule has 3 rings (SSSR count). The summed E-state index contributed by atoms with van der Waals surface area (Å²) in [5, 5.41) is 10.0. The van der Waals surface area contributed by atoms with Crippen LogP contribution in [0.1, 0.15) is 21.6 Å². The molecule has 0 amide bonds. The van der Waals surface area contributed by atoms with Gasteiger partial charge in [-0.1, -0.05) is 17.7 Å². The van der Waals surface area contributed by atoms with Crippen LogP contribution in [-0.4, -0.2) is 30.2 Å². The molecule has 0 saturated heterocycles. The Morgan fingerprint density at radius 2 is 2.10 bits per heavy atom. The van der Waals surface area contributed by atoms with Crippen LogP contribution >= 0.6 is 11.6 Å². The maximum Gasteiger partial charge on any atom is 0.336 e. The fourth-order valence-electron chi connectivity index (χ4n) is 2.50. The van der Waals surface area contributed by atoms with Crippen molar-refractivity contribution in [2.75, 3.05) is 5.75 Å². The van der Waals surface area contributed by atoms with Crippen molar-refractivity contribution in [1.29, 1.82) is 0 Å². The average molecular weight is 312 g/mol. The number of benzene rings is 1. The molecule has 7 heteroatoms. The van der Waals surface area contributed by atoms with Crippen LogP contribution < -0.4 is 0 Å². The number of halogens is 1. The molecule has 1 N–H and O–H groups in total. The molecule has 0 atom stereocenters. The summed E-state index contributed by atoms with van der Waals surface area (Å²) in [7, 11) is -3.28. The SMILES string of the molecule is O=C(O)c1c2c(nc3cccc(Cl)c13)CCS(=O)(=O)C2. The lowest BCUT2D eigenvalue weighted by Crippen LogP contribution is -2.23. The quantitative estimate of drug-likeness (QED) is 0.871. The molecule has 1 aliphatic heterocycles. The van der Waals surface area contributed by atoms with Gasteiger partial charge in [0.2, 0.25) is 0 Å². The Balaban J connectivity index is 2.46. The Morgan fingerprint density at radius 1 is 1.35 bits per heavy atom. The van der Waals surface area contributed by atoms with Crippen LogP contribution in [0.3, 0.4) is 0 Å². The summed E-state index contributed by atoms with van der Waals surface area (Å²) in [4.78, 5) is 15.9. The Kier molecular flexibility index (Phi) is 2.95. The van der Waals surface area contributed by atoms with Crippen LogP contribution in [0.2, 0.25) is 5.02 Å². The Hall–Kier alpha value is -1.66. The number of nitrogens with zero attached hydrogens (tertiary/aromatic N) is 1. The molecule has 0 radical (unpaired) electrons. The number of sulfone groups is 1. The fraction of sp³-hybridized carbons (Fsp3) is 0.231. The first-order valence-electron chi connectivity index (χ1n) is 5.93. The minimum absolute atomic E-state index is 0.00185. The topological polar surface area (TPSA) is 84.3 Å². The van der Waals surface area contributed by atoms with Gasteiger partial charge in [-0.25, -0.2) is 13.2 Å². The summed E-state index contributed by atoms with van der Waals surface area (Å²) in [6.45, 7) is 0. The van der Waals surface area contributed by atoms with Crippen molar-refractivity contribution in [3.63, 3.8) is 0 Å². The number of aromatic carboxylic acids is 1. The molecule has 0 bridgehead atoms. The molecule has 2 aromatic rings. The highest BCUT2D eigenvalue weighted by Crippen LogP contribution is 2.32. The molecule has 1 aromatic carbocycles. The van der Waals surface area contributed by atoms with Gasteiger partial charge in [-0.15, -0.1) is 0 Å². The van der Waals surface area contributed by atoms with Gasteiger partial charge in [0.05, 0.1) is 27.6 Å². The van der Waals surface area contributed by atoms with Crippen LogP contribution in [0.4, 0.5) is 0 Å². The van der Waals surface area contributed by atoms with Gasteiger partial charge in [-0.3, -0.25) is 4.98 Å². The van der Waals surface area contributed by atoms with Crippen LogP contribution in [0, 0.1) is 0 Å². The maximum atomic E-state index is 11.8. The lowest BCUT2D eigenvalue weighted by molar-refractivity contribution is 0.0698. The first kappa shape index (κ1) is 13.3. The zero-order valence-corrected chi connectivity index (χ0v) is 11.8. The molecular formula is C13H10ClNO4S. The van der Waals surface area contributed by atoms with Crippen LogP contribution in [-0.2, 0) is 22.0 Å². The molecular weight excluding hydrogens is 302 g/mol. The smallest absolute Gasteiger partial charge is 0.336 e. The van der Waals surface area contributed by atoms with Gasteiger partial charge in [-0.05, 0) is 12.1 Å². The summed E-state index contributed by atoms with van der Waals surface area (Å²) < 4.78 is 23.5. The van der Waals surface area contributed by atoms with Crippen molar-refractivity contribution >= 4 is 38.3 Å². The van der Waals surface area contributed by atoms with E-state index in [9.17, 15) is 18.3 Å². The average Bonchev–Trinajstić information content (AvgIpc) is 2.36. The van der Waals surface area contributed by atoms with Crippen molar-refractivity contribution in [3.05, 3.63) is 40.0 Å². The van der Waals surface area contributed by atoms with Gasteiger partial charge in [-0.2, -0.15) is 0 Å². The Morgan fingerprint density at radius 3 is 2.80 bits per heavy atom. The van der Waals surface area contributed by atoms with Crippen LogP contribution in [0.15, 0.2) is 18.2 Å². The highest BCUT2D eigenvalue weighted by atomic mass is 35.5. The molecule has 1 aromatic heterocycles. The van der Waals surface area contributed by atoms with Crippen molar-refractivity contribution in [2.24, 2.45) is 0 Å². The molecule has 0 fully saturated rings. The highest BCUT2D eigenvalue weighted by Gasteiger charge is 2.29. The number of hydrogen-bond acceptors (Lipinski definition) is 4. The lowest BCUT2D eigenvalue weighted by atomic mass is 10.00. The molecule has 5 nitrogen and oxygen atoms in total. The van der Waals surface area contributed by atoms with E-state index in [1.807, 2.05) is 0 Å². The number of fused-ring (bicyclic) bond motifs is 2. The number of rotatable bonds is 1. The van der Waals surface area contributed by atoms with E-state index < -0.39 is 15.8 Å². The number of pyridine rings is 1. The van der Waals surface area contributed by atoms with E-state index in [2.05, 4.69) is 4.98 Å². The predicted molar refractivity (Wildman–Crippen MR) is 74.9 cm³/mol. The summed E-state index contributed by atoms with van der Waals surface area (Å²) in [6, 6.07) is 4.94. The van der Waals surface area contributed by atoms with E-state index in [1.165, 1.54) is 0 Å². The van der Waals surface area contributed by atoms with Gasteiger partial charge in [0.15, 0.2) is 9.84 Å². The molecule has 2 heterocycles. The van der Waals surface area contributed by atoms with Crippen molar-refractivity contribution in [3.8, 4) is 0 Å². The van der Waals surface area contributed by atoms with Gasteiger partial charge in [0, 0.05) is 23.1 Å². The standard InChI is InChI=1S/C13H10ClNO4S/c14-8-2-1-3-10-12(8)11(13(16)17)7-6-20(18,19)5-4-9(7)15-10/h1-3H,4-6H2,(H,16,17). The zero-order chi connectivity index (χ0) is 14.5. The number of carbonyl (C=O) groups is 1. The van der Waals surface area contributed by atoms with E-state index >= 15 is 0 Å². The first-order valence-corrected chi connectivity index (χ1v) is 8.13. The van der Waals surface area contributed by atoms with Crippen molar-refractivity contribution in [2.45, 2.75) is 12.2 Å². The van der Waals surface area contributed by atoms with E-state index in [4.69, 9.17) is 11.6 Å². The molecule has 104 valence electrons. The molecule has 0 unspecified atom stereocenters. The number of hydrogen-bond donors (Lipinski definition) is 1. The molecule has 0 spiro atoms. The van der Waals surface area contributed by atoms with Crippen LogP contribution in [0.5, 0.6) is 0 Å². The van der Waals surface area contributed by atoms with E-state index in [-0.39, 0.29) is 34.1 Å². The Bertz CT molecular complexity index is 845. The van der Waals surface area contributed by atoms with E-state index in [0.717, 1.165) is 0 Å². The third-order valence-electron chi connectivity index (χ3n) is 3.38. The van der Waals surface area contributed by atoms with E-state index in [0.29, 0.717) is 16.6 Å². The zero-order valence-electron chi connectivity index (χ0n) is 10.3. The van der Waals surface area contributed by atoms with Gasteiger partial charge >= 0.3 is 5.97 Å². The second-order valence-electron chi connectivity index (χ2n) is 4.69. The number of aromatic nitrogens is 1. The summed E-state index contributed by atoms with van der Waals surface area (Å²) in [5.41, 5.74) is 1.24. The summed E-state index contributed by atoms with van der Waals surface area (Å²) in [6.07, 6.45) is 0.237. The first-order chi connectivity index (χ1) is 9.39. The van der Waals surface area contributed by atoms with Gasteiger partial charge < -0.3 is 5.11 Å². The number of aryl methyl sites for hydroxylation is 1. The normalized spacial score (nSPS) is 16.9. The predicted octanol–water partition coefficient (Wildman–Crippen LogP) is 2.06. The second kappa shape index (κ2) is 4.43. The molecule has 20 heavy (non-hydrogen) atoms. The van der Waals surface area contributed by atoms with Crippen molar-refractivity contribution < 1.29 is 18.3 Å². The lowest BCUT2D eigenvalue weighted by Gasteiger charge is -2.19. The largest absolute Gasteiger partial charge is 0.478 e. The minimum atomic E-state index is -3.28. The molecule has 0 saturated carbocycles. The monoisotopic (exact) mass is 311 g/mol. The Labute approximate surface area is 120 Å². The summed E-state index contributed by atoms with van der Waals surface area (Å²) in [5.74, 6) is -1.48. The minimum Gasteiger partial charge on any atom is -0.478 e. The van der Waals surface area contributed by atoms with Crippen LogP contribution in [0.25, 0.3) is 10.9 Å². The number of carboxylic acid groups (broad SMARTS) is 1. The second-order valence-corrected chi connectivity index (χ2v) is 7.28. The number of carboxylic acids is 1. The van der Waals surface area contributed by atoms with Gasteiger partial charge in [0.25, 0.3) is 0 Å². The summed E-state index contributed by atoms with van der Waals surface area (Å²) >= 11 is 6.07. The third kappa shape index (κ3) is 2.05. The van der Waals surface area contributed by atoms with E-state index in [1.54, 1.807) is 18.2 Å².